The summed E-state index contributed by atoms with van der Waals surface area (Å²) in [6, 6.07) is 8.94. The van der Waals surface area contributed by atoms with Crippen molar-refractivity contribution >= 4 is 44.6 Å². The van der Waals surface area contributed by atoms with Crippen LogP contribution in [0.2, 0.25) is 0 Å². The summed E-state index contributed by atoms with van der Waals surface area (Å²) in [6.07, 6.45) is -0.244. The topological polar surface area (TPSA) is 57.6 Å². The Kier molecular flexibility index (Phi) is 4.16. The minimum Gasteiger partial charge on any atom is -0.375 e. The molecule has 23 heavy (non-hydrogen) atoms. The van der Waals surface area contributed by atoms with Crippen molar-refractivity contribution in [2.45, 2.75) is 25.9 Å². The van der Waals surface area contributed by atoms with Gasteiger partial charge >= 0.3 is 0 Å². The van der Waals surface area contributed by atoms with Crippen molar-refractivity contribution in [1.82, 2.24) is 0 Å². The van der Waals surface area contributed by atoms with Crippen LogP contribution in [-0.2, 0) is 10.4 Å². The zero-order valence-electron chi connectivity index (χ0n) is 12.8. The third-order valence-electron chi connectivity index (χ3n) is 4.04. The lowest BCUT2D eigenvalue weighted by Crippen LogP contribution is -2.41. The Morgan fingerprint density at radius 2 is 2.09 bits per heavy atom. The summed E-state index contributed by atoms with van der Waals surface area (Å²) in [4.78, 5) is 28.3. The Morgan fingerprint density at radius 3 is 2.70 bits per heavy atom. The van der Waals surface area contributed by atoms with E-state index >= 15 is 0 Å². The van der Waals surface area contributed by atoms with Crippen LogP contribution >= 0.6 is 27.3 Å². The van der Waals surface area contributed by atoms with Gasteiger partial charge in [0.15, 0.2) is 11.4 Å². The maximum atomic E-state index is 12.7. The molecule has 1 aliphatic heterocycles. The molecule has 2 aromatic rings. The Morgan fingerprint density at radius 1 is 1.35 bits per heavy atom. The molecule has 0 spiro atoms. The standard InChI is InChI=1S/C17H16BrNO3S/c1-3-19-13-6-5-11(18)8-12(13)17(22,16(19)21)9-14(20)15-7-4-10(2)23-15/h4-8,22H,3,9H2,1-2H3/t17-/m1/s1. The highest BCUT2D eigenvalue weighted by atomic mass is 79.9. The summed E-state index contributed by atoms with van der Waals surface area (Å²) in [5.74, 6) is -0.655. The minimum absolute atomic E-state index is 0.220. The lowest BCUT2D eigenvalue weighted by Gasteiger charge is -2.21. The van der Waals surface area contributed by atoms with Gasteiger partial charge in [-0.3, -0.25) is 9.59 Å². The number of nitrogens with zero attached hydrogens (tertiary/aromatic N) is 1. The molecule has 6 heteroatoms. The quantitative estimate of drug-likeness (QED) is 0.806. The van der Waals surface area contributed by atoms with Crippen molar-refractivity contribution in [1.29, 1.82) is 0 Å². The molecule has 2 heterocycles. The smallest absolute Gasteiger partial charge is 0.264 e. The Bertz CT molecular complexity index is 801. The third kappa shape index (κ3) is 2.65. The Labute approximate surface area is 146 Å². The molecule has 1 aromatic carbocycles. The number of carbonyl (C=O) groups is 2. The van der Waals surface area contributed by atoms with Crippen LogP contribution in [0, 0.1) is 6.92 Å². The third-order valence-corrected chi connectivity index (χ3v) is 5.58. The van der Waals surface area contributed by atoms with Gasteiger partial charge in [0, 0.05) is 21.5 Å². The molecule has 1 aromatic heterocycles. The van der Waals surface area contributed by atoms with Crippen LogP contribution in [0.3, 0.4) is 0 Å². The van der Waals surface area contributed by atoms with Crippen molar-refractivity contribution in [2.24, 2.45) is 0 Å². The van der Waals surface area contributed by atoms with Crippen LogP contribution < -0.4 is 4.90 Å². The molecule has 1 atom stereocenters. The first-order chi connectivity index (χ1) is 10.9. The monoisotopic (exact) mass is 393 g/mol. The summed E-state index contributed by atoms with van der Waals surface area (Å²) in [6.45, 7) is 4.21. The number of amides is 1. The number of halogens is 1. The SMILES string of the molecule is CCN1C(=O)[C@@](O)(CC(=O)c2ccc(C)s2)c2cc(Br)ccc21. The molecule has 0 unspecified atom stereocenters. The highest BCUT2D eigenvalue weighted by Gasteiger charge is 2.50. The highest BCUT2D eigenvalue weighted by molar-refractivity contribution is 9.10. The van der Waals surface area contributed by atoms with Crippen LogP contribution in [0.25, 0.3) is 0 Å². The number of fused-ring (bicyclic) bond motifs is 1. The number of hydrogen-bond donors (Lipinski definition) is 1. The highest BCUT2D eigenvalue weighted by Crippen LogP contribution is 2.44. The number of ketones is 1. The van der Waals surface area contributed by atoms with Gasteiger partial charge in [-0.1, -0.05) is 15.9 Å². The van der Waals surface area contributed by atoms with Gasteiger partial charge in [-0.2, -0.15) is 0 Å². The van der Waals surface area contributed by atoms with Crippen molar-refractivity contribution in [3.8, 4) is 0 Å². The van der Waals surface area contributed by atoms with E-state index in [1.165, 1.54) is 16.2 Å². The fourth-order valence-electron chi connectivity index (χ4n) is 2.91. The first-order valence-electron chi connectivity index (χ1n) is 7.31. The number of hydrogen-bond acceptors (Lipinski definition) is 4. The normalized spacial score (nSPS) is 20.0. The van der Waals surface area contributed by atoms with Crippen LogP contribution in [0.15, 0.2) is 34.8 Å². The molecule has 0 bridgehead atoms. The lowest BCUT2D eigenvalue weighted by molar-refractivity contribution is -0.135. The number of likely N-dealkylation sites (N-methyl/N-ethyl adjacent to an activating group) is 1. The molecule has 120 valence electrons. The summed E-state index contributed by atoms with van der Waals surface area (Å²) in [5.41, 5.74) is -0.650. The first kappa shape index (κ1) is 16.4. The second-order valence-corrected chi connectivity index (χ2v) is 7.78. The molecule has 0 fully saturated rings. The maximum Gasteiger partial charge on any atom is 0.264 e. The van der Waals surface area contributed by atoms with E-state index in [2.05, 4.69) is 15.9 Å². The second-order valence-electron chi connectivity index (χ2n) is 5.58. The summed E-state index contributed by atoms with van der Waals surface area (Å²) in [5, 5.41) is 11.0. The lowest BCUT2D eigenvalue weighted by atomic mass is 9.89. The van der Waals surface area contributed by atoms with E-state index in [0.717, 1.165) is 9.35 Å². The average molecular weight is 394 g/mol. The van der Waals surface area contributed by atoms with E-state index in [1.807, 2.05) is 26.0 Å². The Balaban J connectivity index is 2.02. The number of Topliss-reactive ketones (excluding diaryl/α,β-unsaturated/α-hetero) is 1. The van der Waals surface area contributed by atoms with E-state index in [0.29, 0.717) is 22.7 Å². The fourth-order valence-corrected chi connectivity index (χ4v) is 4.08. The molecule has 1 aliphatic rings. The van der Waals surface area contributed by atoms with Gasteiger partial charge < -0.3 is 10.0 Å². The molecule has 0 saturated carbocycles. The van der Waals surface area contributed by atoms with Gasteiger partial charge in [0.1, 0.15) is 0 Å². The molecule has 4 nitrogen and oxygen atoms in total. The number of aryl methyl sites for hydroxylation is 1. The number of benzene rings is 1. The molecule has 0 radical (unpaired) electrons. The minimum atomic E-state index is -1.80. The molecular weight excluding hydrogens is 378 g/mol. The van der Waals surface area contributed by atoms with Gasteiger partial charge in [-0.25, -0.2) is 0 Å². The van der Waals surface area contributed by atoms with Gasteiger partial charge in [0.2, 0.25) is 0 Å². The summed E-state index contributed by atoms with van der Waals surface area (Å²) >= 11 is 4.74. The van der Waals surface area contributed by atoms with E-state index < -0.39 is 11.5 Å². The zero-order valence-corrected chi connectivity index (χ0v) is 15.2. The predicted molar refractivity (Wildman–Crippen MR) is 94.1 cm³/mol. The Hall–Kier alpha value is -1.50. The number of aliphatic hydroxyl groups is 1. The van der Waals surface area contributed by atoms with Crippen molar-refractivity contribution in [3.63, 3.8) is 0 Å². The van der Waals surface area contributed by atoms with E-state index in [9.17, 15) is 14.7 Å². The van der Waals surface area contributed by atoms with Gasteiger partial charge in [-0.05, 0) is 44.2 Å². The van der Waals surface area contributed by atoms with E-state index in [1.54, 1.807) is 18.2 Å². The van der Waals surface area contributed by atoms with Crippen LogP contribution in [0.5, 0.6) is 0 Å². The zero-order chi connectivity index (χ0) is 16.8. The molecule has 3 rings (SSSR count). The van der Waals surface area contributed by atoms with E-state index in [4.69, 9.17) is 0 Å². The summed E-state index contributed by atoms with van der Waals surface area (Å²) < 4.78 is 0.764. The molecular formula is C17H16BrNO3S. The maximum absolute atomic E-state index is 12.7. The molecule has 1 N–H and O–H groups in total. The van der Waals surface area contributed by atoms with Gasteiger partial charge in [-0.15, -0.1) is 11.3 Å². The van der Waals surface area contributed by atoms with Crippen LogP contribution in [0.1, 0.15) is 33.5 Å². The largest absolute Gasteiger partial charge is 0.375 e. The fraction of sp³-hybridized carbons (Fsp3) is 0.294. The molecule has 1 amide bonds. The number of anilines is 1. The average Bonchev–Trinajstić information content (AvgIpc) is 3.02. The molecule has 0 aliphatic carbocycles. The van der Waals surface area contributed by atoms with Gasteiger partial charge in [0.05, 0.1) is 17.0 Å². The van der Waals surface area contributed by atoms with E-state index in [-0.39, 0.29) is 12.2 Å². The number of rotatable bonds is 4. The van der Waals surface area contributed by atoms with Crippen molar-refractivity contribution in [3.05, 3.63) is 50.1 Å². The van der Waals surface area contributed by atoms with Crippen molar-refractivity contribution < 1.29 is 14.7 Å². The first-order valence-corrected chi connectivity index (χ1v) is 8.91. The molecule has 0 saturated heterocycles. The van der Waals surface area contributed by atoms with Crippen molar-refractivity contribution in [2.75, 3.05) is 11.4 Å². The second kappa shape index (κ2) is 5.85. The van der Waals surface area contributed by atoms with Crippen LogP contribution in [-0.4, -0.2) is 23.3 Å². The summed E-state index contributed by atoms with van der Waals surface area (Å²) in [7, 11) is 0. The predicted octanol–water partition coefficient (Wildman–Crippen LogP) is 3.65. The van der Waals surface area contributed by atoms with Crippen LogP contribution in [0.4, 0.5) is 5.69 Å². The number of thiophene rings is 1. The van der Waals surface area contributed by atoms with Gasteiger partial charge in [0.25, 0.3) is 5.91 Å². The number of carbonyl (C=O) groups excluding carboxylic acids is 2.